The second kappa shape index (κ2) is 6.48. The molecule has 2 fully saturated rings. The maximum atomic E-state index is 12.7. The summed E-state index contributed by atoms with van der Waals surface area (Å²) in [7, 11) is 1.61. The molecule has 1 aromatic heterocycles. The zero-order chi connectivity index (χ0) is 18.3. The smallest absolute Gasteiger partial charge is 0.246 e. The van der Waals surface area contributed by atoms with Crippen molar-refractivity contribution >= 4 is 11.8 Å². The molecular formula is C19H21N3O4. The second-order valence-corrected chi connectivity index (χ2v) is 6.69. The van der Waals surface area contributed by atoms with Crippen LogP contribution >= 0.6 is 0 Å². The van der Waals surface area contributed by atoms with Crippen LogP contribution in [0.25, 0.3) is 11.5 Å². The summed E-state index contributed by atoms with van der Waals surface area (Å²) in [6, 6.07) is 7.16. The number of benzene rings is 1. The first-order chi connectivity index (χ1) is 12.6. The third-order valence-electron chi connectivity index (χ3n) is 5.05. The molecule has 26 heavy (non-hydrogen) atoms. The van der Waals surface area contributed by atoms with Crippen molar-refractivity contribution < 1.29 is 18.7 Å². The van der Waals surface area contributed by atoms with Crippen molar-refractivity contribution in [1.29, 1.82) is 0 Å². The molecule has 0 aliphatic carbocycles. The van der Waals surface area contributed by atoms with E-state index in [2.05, 4.69) is 4.98 Å². The van der Waals surface area contributed by atoms with E-state index in [1.54, 1.807) is 16.9 Å². The standard InChI is InChI=1S/C19H21N3O4/c1-12-15(20-18(26-12)13-5-3-6-14(9-13)25-2)10-21-11-17(23)22-8-4-7-16(22)19(21)24/h3,5-6,9,16H,4,7-8,10-11H2,1-2H3/t16-/m0/s1. The van der Waals surface area contributed by atoms with E-state index < -0.39 is 0 Å². The highest BCUT2D eigenvalue weighted by molar-refractivity contribution is 5.95. The number of methoxy groups -OCH3 is 1. The number of carbonyl (C=O) groups excluding carboxylic acids is 2. The van der Waals surface area contributed by atoms with E-state index in [-0.39, 0.29) is 30.9 Å². The van der Waals surface area contributed by atoms with E-state index in [0.29, 0.717) is 23.9 Å². The molecule has 0 radical (unpaired) electrons. The summed E-state index contributed by atoms with van der Waals surface area (Å²) in [4.78, 5) is 32.8. The van der Waals surface area contributed by atoms with Gasteiger partial charge in [-0.1, -0.05) is 6.07 Å². The predicted molar refractivity (Wildman–Crippen MR) is 93.4 cm³/mol. The molecule has 7 nitrogen and oxygen atoms in total. The molecule has 136 valence electrons. The summed E-state index contributed by atoms with van der Waals surface area (Å²) in [5.74, 6) is 1.87. The van der Waals surface area contributed by atoms with E-state index in [0.717, 1.165) is 24.2 Å². The van der Waals surface area contributed by atoms with Crippen LogP contribution in [0.5, 0.6) is 5.75 Å². The monoisotopic (exact) mass is 355 g/mol. The van der Waals surface area contributed by atoms with Crippen molar-refractivity contribution in [3.05, 3.63) is 35.7 Å². The minimum Gasteiger partial charge on any atom is -0.497 e. The first kappa shape index (κ1) is 16.6. The molecule has 2 saturated heterocycles. The van der Waals surface area contributed by atoms with Crippen LogP contribution < -0.4 is 4.74 Å². The van der Waals surface area contributed by atoms with E-state index in [1.807, 2.05) is 31.2 Å². The van der Waals surface area contributed by atoms with Crippen molar-refractivity contribution in [2.45, 2.75) is 32.4 Å². The summed E-state index contributed by atoms with van der Waals surface area (Å²) in [5, 5.41) is 0. The fraction of sp³-hybridized carbons (Fsp3) is 0.421. The van der Waals surface area contributed by atoms with E-state index in [1.165, 1.54) is 0 Å². The largest absolute Gasteiger partial charge is 0.497 e. The van der Waals surface area contributed by atoms with Gasteiger partial charge in [0.1, 0.15) is 29.8 Å². The van der Waals surface area contributed by atoms with Gasteiger partial charge in [-0.25, -0.2) is 4.98 Å². The maximum absolute atomic E-state index is 12.7. The highest BCUT2D eigenvalue weighted by atomic mass is 16.5. The van der Waals surface area contributed by atoms with E-state index >= 15 is 0 Å². The lowest BCUT2D eigenvalue weighted by molar-refractivity contribution is -0.154. The van der Waals surface area contributed by atoms with Crippen LogP contribution in [0.1, 0.15) is 24.3 Å². The molecule has 1 aromatic carbocycles. The van der Waals surface area contributed by atoms with Crippen molar-refractivity contribution in [3.8, 4) is 17.2 Å². The molecule has 0 N–H and O–H groups in total. The Morgan fingerprint density at radius 2 is 2.19 bits per heavy atom. The molecule has 4 rings (SSSR count). The second-order valence-electron chi connectivity index (χ2n) is 6.69. The Morgan fingerprint density at radius 3 is 3.00 bits per heavy atom. The first-order valence-corrected chi connectivity index (χ1v) is 8.76. The quantitative estimate of drug-likeness (QED) is 0.838. The van der Waals surface area contributed by atoms with Crippen molar-refractivity contribution in [1.82, 2.24) is 14.8 Å². The molecule has 0 unspecified atom stereocenters. The number of nitrogens with zero attached hydrogens (tertiary/aromatic N) is 3. The number of aromatic nitrogens is 1. The molecule has 0 bridgehead atoms. The number of amides is 2. The number of hydrogen-bond acceptors (Lipinski definition) is 5. The average molecular weight is 355 g/mol. The number of oxazole rings is 1. The number of ether oxygens (including phenoxy) is 1. The van der Waals surface area contributed by atoms with Crippen molar-refractivity contribution in [3.63, 3.8) is 0 Å². The normalized spacial score (nSPS) is 19.8. The van der Waals surface area contributed by atoms with Crippen molar-refractivity contribution in [2.75, 3.05) is 20.2 Å². The van der Waals surface area contributed by atoms with Crippen LogP contribution in [-0.2, 0) is 16.1 Å². The zero-order valence-electron chi connectivity index (χ0n) is 14.9. The van der Waals surface area contributed by atoms with Gasteiger partial charge < -0.3 is 19.0 Å². The lowest BCUT2D eigenvalue weighted by Crippen LogP contribution is -2.56. The Labute approximate surface area is 151 Å². The minimum atomic E-state index is -0.304. The number of hydrogen-bond donors (Lipinski definition) is 0. The van der Waals surface area contributed by atoms with Gasteiger partial charge in [0.2, 0.25) is 17.7 Å². The topological polar surface area (TPSA) is 75.9 Å². The third kappa shape index (κ3) is 2.83. The van der Waals surface area contributed by atoms with Crippen LogP contribution in [0.15, 0.2) is 28.7 Å². The number of fused-ring (bicyclic) bond motifs is 1. The molecule has 3 heterocycles. The Bertz CT molecular complexity index is 860. The van der Waals surface area contributed by atoms with Gasteiger partial charge in [0.05, 0.1) is 13.7 Å². The van der Waals surface area contributed by atoms with E-state index in [9.17, 15) is 9.59 Å². The summed E-state index contributed by atoms with van der Waals surface area (Å²) >= 11 is 0. The van der Waals surface area contributed by atoms with Gasteiger partial charge in [-0.3, -0.25) is 9.59 Å². The summed E-state index contributed by atoms with van der Waals surface area (Å²) < 4.78 is 11.0. The van der Waals surface area contributed by atoms with Gasteiger partial charge in [0.25, 0.3) is 0 Å². The van der Waals surface area contributed by atoms with E-state index in [4.69, 9.17) is 9.15 Å². The summed E-state index contributed by atoms with van der Waals surface area (Å²) in [6.07, 6.45) is 1.63. The van der Waals surface area contributed by atoms with Gasteiger partial charge >= 0.3 is 0 Å². The fourth-order valence-electron chi connectivity index (χ4n) is 3.63. The Balaban J connectivity index is 1.56. The van der Waals surface area contributed by atoms with Gasteiger partial charge in [0, 0.05) is 12.1 Å². The Kier molecular flexibility index (Phi) is 4.14. The van der Waals surface area contributed by atoms with Gasteiger partial charge in [0.15, 0.2) is 0 Å². The highest BCUT2D eigenvalue weighted by Gasteiger charge is 2.42. The molecule has 2 amide bonds. The summed E-state index contributed by atoms with van der Waals surface area (Å²) in [5.41, 5.74) is 1.48. The highest BCUT2D eigenvalue weighted by Crippen LogP contribution is 2.28. The zero-order valence-corrected chi connectivity index (χ0v) is 14.9. The molecule has 2 aliphatic heterocycles. The van der Waals surface area contributed by atoms with Gasteiger partial charge in [-0.2, -0.15) is 0 Å². The lowest BCUT2D eigenvalue weighted by atomic mass is 10.1. The number of aryl methyl sites for hydroxylation is 1. The average Bonchev–Trinajstić information content (AvgIpc) is 3.27. The summed E-state index contributed by atoms with van der Waals surface area (Å²) in [6.45, 7) is 2.90. The van der Waals surface area contributed by atoms with Crippen LogP contribution in [0.4, 0.5) is 0 Å². The maximum Gasteiger partial charge on any atom is 0.246 e. The minimum absolute atomic E-state index is 0.00688. The van der Waals surface area contributed by atoms with Gasteiger partial charge in [-0.15, -0.1) is 0 Å². The van der Waals surface area contributed by atoms with Crippen LogP contribution in [0.2, 0.25) is 0 Å². The molecule has 0 saturated carbocycles. The van der Waals surface area contributed by atoms with Crippen LogP contribution in [0.3, 0.4) is 0 Å². The molecular weight excluding hydrogens is 334 g/mol. The van der Waals surface area contributed by atoms with Crippen LogP contribution in [-0.4, -0.2) is 52.8 Å². The van der Waals surface area contributed by atoms with Crippen LogP contribution in [0, 0.1) is 6.92 Å². The molecule has 0 spiro atoms. The molecule has 2 aromatic rings. The third-order valence-corrected chi connectivity index (χ3v) is 5.05. The Hall–Kier alpha value is -2.83. The molecule has 2 aliphatic rings. The van der Waals surface area contributed by atoms with Gasteiger partial charge in [-0.05, 0) is 38.0 Å². The molecule has 7 heteroatoms. The SMILES string of the molecule is COc1cccc(-c2nc(CN3CC(=O)N4CCC[C@H]4C3=O)c(C)o2)c1. The lowest BCUT2D eigenvalue weighted by Gasteiger charge is -2.36. The van der Waals surface area contributed by atoms with Crippen molar-refractivity contribution in [2.24, 2.45) is 0 Å². The number of rotatable bonds is 4. The fourth-order valence-corrected chi connectivity index (χ4v) is 3.63. The Morgan fingerprint density at radius 1 is 1.35 bits per heavy atom. The predicted octanol–water partition coefficient (Wildman–Crippen LogP) is 1.99. The first-order valence-electron chi connectivity index (χ1n) is 8.76. The number of piperazine rings is 1. The number of carbonyl (C=O) groups is 2. The molecule has 1 atom stereocenters.